The third-order valence-electron chi connectivity index (χ3n) is 2.74. The number of amides is 2. The molecule has 0 bridgehead atoms. The van der Waals surface area contributed by atoms with Gasteiger partial charge in [0.1, 0.15) is 0 Å². The summed E-state index contributed by atoms with van der Waals surface area (Å²) in [5.74, 6) is 5.46. The molecule has 3 N–H and O–H groups in total. The number of hydrogen-bond acceptors (Lipinski definition) is 3. The first-order valence-electron chi connectivity index (χ1n) is 6.77. The largest absolute Gasteiger partial charge is 0.395 e. The van der Waals surface area contributed by atoms with Crippen LogP contribution >= 0.6 is 0 Å². The predicted molar refractivity (Wildman–Crippen MR) is 80.8 cm³/mol. The van der Waals surface area contributed by atoms with Crippen LogP contribution in [0.1, 0.15) is 34.8 Å². The molecule has 5 nitrogen and oxygen atoms in total. The minimum Gasteiger partial charge on any atom is -0.395 e. The van der Waals surface area contributed by atoms with Crippen molar-refractivity contribution >= 4 is 11.8 Å². The van der Waals surface area contributed by atoms with Crippen molar-refractivity contribution < 1.29 is 14.7 Å². The lowest BCUT2D eigenvalue weighted by Crippen LogP contribution is -2.33. The summed E-state index contributed by atoms with van der Waals surface area (Å²) in [7, 11) is 0. The monoisotopic (exact) mass is 288 g/mol. The predicted octanol–water partition coefficient (Wildman–Crippen LogP) is 0.595. The van der Waals surface area contributed by atoms with Gasteiger partial charge in [0.25, 0.3) is 5.91 Å². The second-order valence-corrected chi connectivity index (χ2v) is 4.54. The molecule has 0 unspecified atom stereocenters. The van der Waals surface area contributed by atoms with E-state index in [-0.39, 0.29) is 18.4 Å². The Morgan fingerprint density at radius 2 is 1.95 bits per heavy atom. The molecule has 21 heavy (non-hydrogen) atoms. The quantitative estimate of drug-likeness (QED) is 0.548. The summed E-state index contributed by atoms with van der Waals surface area (Å²) < 4.78 is 0. The lowest BCUT2D eigenvalue weighted by Gasteiger charge is -2.07. The first-order chi connectivity index (χ1) is 10.0. The lowest BCUT2D eigenvalue weighted by molar-refractivity contribution is -0.118. The molecule has 0 radical (unpaired) electrons. The number of carbonyl (C=O) groups excluding carboxylic acids is 2. The maximum atomic E-state index is 12.0. The first-order valence-corrected chi connectivity index (χ1v) is 6.77. The Bertz CT molecular complexity index is 571. The fraction of sp³-hybridized carbons (Fsp3) is 0.375. The van der Waals surface area contributed by atoms with Gasteiger partial charge in [-0.25, -0.2) is 0 Å². The topological polar surface area (TPSA) is 78.4 Å². The van der Waals surface area contributed by atoms with Crippen molar-refractivity contribution in [2.24, 2.45) is 0 Å². The normalized spacial score (nSPS) is 9.48. The van der Waals surface area contributed by atoms with E-state index in [2.05, 4.69) is 22.5 Å². The second-order valence-electron chi connectivity index (χ2n) is 4.54. The van der Waals surface area contributed by atoms with E-state index in [9.17, 15) is 9.59 Å². The van der Waals surface area contributed by atoms with E-state index >= 15 is 0 Å². The maximum Gasteiger partial charge on any atom is 0.251 e. The van der Waals surface area contributed by atoms with Gasteiger partial charge in [-0.2, -0.15) is 0 Å². The van der Waals surface area contributed by atoms with E-state index in [0.29, 0.717) is 25.1 Å². The molecule has 0 fully saturated rings. The Morgan fingerprint density at radius 1 is 1.24 bits per heavy atom. The second kappa shape index (κ2) is 8.77. The summed E-state index contributed by atoms with van der Waals surface area (Å²) in [5, 5.41) is 14.1. The molecule has 0 aliphatic carbocycles. The van der Waals surface area contributed by atoms with E-state index in [0.717, 1.165) is 11.1 Å². The van der Waals surface area contributed by atoms with E-state index in [1.165, 1.54) is 6.92 Å². The fourth-order valence-electron chi connectivity index (χ4n) is 1.63. The van der Waals surface area contributed by atoms with Crippen molar-refractivity contribution in [2.45, 2.75) is 20.3 Å². The summed E-state index contributed by atoms with van der Waals surface area (Å²) in [4.78, 5) is 22.7. The summed E-state index contributed by atoms with van der Waals surface area (Å²) in [6.45, 7) is 4.14. The molecule has 5 heteroatoms. The molecule has 0 saturated carbocycles. The van der Waals surface area contributed by atoms with Gasteiger partial charge in [0, 0.05) is 37.6 Å². The highest BCUT2D eigenvalue weighted by Gasteiger charge is 2.06. The molecule has 1 rings (SSSR count). The molecule has 2 amide bonds. The van der Waals surface area contributed by atoms with Gasteiger partial charge in [0.15, 0.2) is 0 Å². The van der Waals surface area contributed by atoms with Crippen LogP contribution in [-0.4, -0.2) is 36.6 Å². The van der Waals surface area contributed by atoms with Gasteiger partial charge < -0.3 is 15.7 Å². The first kappa shape index (κ1) is 16.7. The minimum absolute atomic E-state index is 0.0232. The van der Waals surface area contributed by atoms with Crippen LogP contribution in [0.15, 0.2) is 18.2 Å². The highest BCUT2D eigenvalue weighted by Crippen LogP contribution is 2.10. The molecule has 0 aliphatic heterocycles. The molecule has 0 aliphatic rings. The molecular weight excluding hydrogens is 268 g/mol. The lowest BCUT2D eigenvalue weighted by atomic mass is 10.0. The zero-order valence-electron chi connectivity index (χ0n) is 12.3. The minimum atomic E-state index is -0.203. The zero-order valence-corrected chi connectivity index (χ0v) is 12.3. The van der Waals surface area contributed by atoms with Crippen molar-refractivity contribution in [1.82, 2.24) is 10.6 Å². The molecule has 112 valence electrons. The van der Waals surface area contributed by atoms with Gasteiger partial charge in [0.05, 0.1) is 6.61 Å². The van der Waals surface area contributed by atoms with Crippen LogP contribution in [0.2, 0.25) is 0 Å². The number of carbonyl (C=O) groups is 2. The highest BCUT2D eigenvalue weighted by molar-refractivity contribution is 5.94. The van der Waals surface area contributed by atoms with E-state index < -0.39 is 0 Å². The summed E-state index contributed by atoms with van der Waals surface area (Å²) >= 11 is 0. The van der Waals surface area contributed by atoms with Gasteiger partial charge >= 0.3 is 0 Å². The summed E-state index contributed by atoms with van der Waals surface area (Å²) in [6.07, 6.45) is 0.409. The Labute approximate surface area is 124 Å². The zero-order chi connectivity index (χ0) is 15.7. The van der Waals surface area contributed by atoms with Gasteiger partial charge in [-0.15, -0.1) is 0 Å². The number of nitrogens with one attached hydrogen (secondary N) is 2. The van der Waals surface area contributed by atoms with Crippen LogP contribution < -0.4 is 10.6 Å². The van der Waals surface area contributed by atoms with Crippen molar-refractivity contribution in [3.8, 4) is 11.8 Å². The number of aliphatic hydroxyl groups excluding tert-OH is 1. The molecule has 0 spiro atoms. The number of rotatable bonds is 5. The molecule has 0 saturated heterocycles. The van der Waals surface area contributed by atoms with Crippen LogP contribution in [0.25, 0.3) is 0 Å². The number of hydrogen-bond donors (Lipinski definition) is 3. The van der Waals surface area contributed by atoms with Crippen LogP contribution in [0, 0.1) is 18.8 Å². The average molecular weight is 288 g/mol. The average Bonchev–Trinajstić information content (AvgIpc) is 2.45. The Kier molecular flexibility index (Phi) is 6.99. The van der Waals surface area contributed by atoms with E-state index in [1.54, 1.807) is 12.1 Å². The van der Waals surface area contributed by atoms with Crippen LogP contribution in [0.4, 0.5) is 0 Å². The molecule has 0 atom stereocenters. The van der Waals surface area contributed by atoms with Gasteiger partial charge in [-0.05, 0) is 24.6 Å². The summed E-state index contributed by atoms with van der Waals surface area (Å²) in [5.41, 5.74) is 2.28. The Morgan fingerprint density at radius 3 is 2.62 bits per heavy atom. The number of benzene rings is 1. The smallest absolute Gasteiger partial charge is 0.251 e. The SMILES string of the molecule is CC(=O)NCCNC(=O)c1ccc(C)c(C#CCCO)c1. The molecule has 1 aromatic rings. The third-order valence-corrected chi connectivity index (χ3v) is 2.74. The Balaban J connectivity index is 2.66. The standard InChI is InChI=1S/C16H20N2O3/c1-12-6-7-15(11-14(12)5-3-4-10-19)16(21)18-9-8-17-13(2)20/h6-7,11,19H,4,8-10H2,1-2H3,(H,17,20)(H,18,21). The van der Waals surface area contributed by atoms with Crippen molar-refractivity contribution in [3.05, 3.63) is 34.9 Å². The Hall–Kier alpha value is -2.32. The van der Waals surface area contributed by atoms with Crippen molar-refractivity contribution in [2.75, 3.05) is 19.7 Å². The van der Waals surface area contributed by atoms with Gasteiger partial charge in [-0.3, -0.25) is 9.59 Å². The summed E-state index contributed by atoms with van der Waals surface area (Å²) in [6, 6.07) is 5.30. The number of aliphatic hydroxyl groups is 1. The van der Waals surface area contributed by atoms with Crippen molar-refractivity contribution in [1.29, 1.82) is 0 Å². The van der Waals surface area contributed by atoms with Crippen molar-refractivity contribution in [3.63, 3.8) is 0 Å². The van der Waals surface area contributed by atoms with Crippen LogP contribution in [0.3, 0.4) is 0 Å². The van der Waals surface area contributed by atoms with E-state index in [1.807, 2.05) is 13.0 Å². The van der Waals surface area contributed by atoms with Crippen LogP contribution in [0.5, 0.6) is 0 Å². The van der Waals surface area contributed by atoms with Gasteiger partial charge in [-0.1, -0.05) is 17.9 Å². The maximum absolute atomic E-state index is 12.0. The highest BCUT2D eigenvalue weighted by atomic mass is 16.2. The molecule has 1 aromatic carbocycles. The third kappa shape index (κ3) is 6.11. The molecule has 0 aromatic heterocycles. The molecular formula is C16H20N2O3. The molecule has 0 heterocycles. The fourth-order valence-corrected chi connectivity index (χ4v) is 1.63. The van der Waals surface area contributed by atoms with E-state index in [4.69, 9.17) is 5.11 Å². The number of aryl methyl sites for hydroxylation is 1. The van der Waals surface area contributed by atoms with Gasteiger partial charge in [0.2, 0.25) is 5.91 Å². The van der Waals surface area contributed by atoms with Crippen LogP contribution in [-0.2, 0) is 4.79 Å².